The molecular formula is C18H19FN2O2. The molecule has 0 bridgehead atoms. The van der Waals surface area contributed by atoms with Gasteiger partial charge in [-0.3, -0.25) is 0 Å². The second-order valence-corrected chi connectivity index (χ2v) is 5.54. The first-order chi connectivity index (χ1) is 11.2. The van der Waals surface area contributed by atoms with Crippen molar-refractivity contribution in [2.45, 2.75) is 18.9 Å². The standard InChI is InChI=1S/C18H19FN2O2/c1-23-14-7-4-6-13(12-14)20-18(22)21-11-5-10-17(21)15-8-2-3-9-16(15)19/h2-4,6-9,12,17H,5,10-11H2,1H3,(H,20,22). The van der Waals surface area contributed by atoms with Crippen LogP contribution in [0.5, 0.6) is 5.75 Å². The van der Waals surface area contributed by atoms with Gasteiger partial charge in [-0.15, -0.1) is 0 Å². The van der Waals surface area contributed by atoms with Crippen molar-refractivity contribution in [2.24, 2.45) is 0 Å². The monoisotopic (exact) mass is 314 g/mol. The Morgan fingerprint density at radius 2 is 2.09 bits per heavy atom. The third-order valence-corrected chi connectivity index (χ3v) is 4.10. The number of halogens is 1. The number of carbonyl (C=O) groups excluding carboxylic acids is 1. The van der Waals surface area contributed by atoms with Gasteiger partial charge in [-0.1, -0.05) is 24.3 Å². The van der Waals surface area contributed by atoms with Gasteiger partial charge in [0.2, 0.25) is 0 Å². The molecule has 5 heteroatoms. The highest BCUT2D eigenvalue weighted by atomic mass is 19.1. The van der Waals surface area contributed by atoms with Crippen LogP contribution in [-0.2, 0) is 0 Å². The minimum atomic E-state index is -0.265. The van der Waals surface area contributed by atoms with Gasteiger partial charge >= 0.3 is 6.03 Å². The first kappa shape index (κ1) is 15.3. The summed E-state index contributed by atoms with van der Waals surface area (Å²) in [7, 11) is 1.58. The number of ether oxygens (including phenoxy) is 1. The Morgan fingerprint density at radius 1 is 1.26 bits per heavy atom. The molecule has 1 fully saturated rings. The number of anilines is 1. The van der Waals surface area contributed by atoms with Crippen LogP contribution in [0.15, 0.2) is 48.5 Å². The van der Waals surface area contributed by atoms with Gasteiger partial charge in [-0.2, -0.15) is 0 Å². The molecule has 2 aromatic carbocycles. The molecule has 4 nitrogen and oxygen atoms in total. The third kappa shape index (κ3) is 3.28. The SMILES string of the molecule is COc1cccc(NC(=O)N2CCCC2c2ccccc2F)c1. The molecule has 2 amide bonds. The van der Waals surface area contributed by atoms with Crippen LogP contribution in [0.1, 0.15) is 24.4 Å². The van der Waals surface area contributed by atoms with Crippen LogP contribution in [0.2, 0.25) is 0 Å². The number of nitrogens with one attached hydrogen (secondary N) is 1. The Balaban J connectivity index is 1.77. The van der Waals surface area contributed by atoms with E-state index in [1.54, 1.807) is 42.3 Å². The van der Waals surface area contributed by atoms with Crippen LogP contribution >= 0.6 is 0 Å². The van der Waals surface area contributed by atoms with E-state index in [0.717, 1.165) is 12.8 Å². The molecule has 0 aromatic heterocycles. The molecule has 3 rings (SSSR count). The number of hydrogen-bond acceptors (Lipinski definition) is 2. The van der Waals surface area contributed by atoms with E-state index < -0.39 is 0 Å². The topological polar surface area (TPSA) is 41.6 Å². The van der Waals surface area contributed by atoms with Gasteiger partial charge < -0.3 is 15.0 Å². The molecule has 0 spiro atoms. The van der Waals surface area contributed by atoms with Gasteiger partial charge in [-0.25, -0.2) is 9.18 Å². The highest BCUT2D eigenvalue weighted by Crippen LogP contribution is 2.33. The minimum absolute atomic E-state index is 0.219. The normalized spacial score (nSPS) is 17.1. The van der Waals surface area contributed by atoms with Gasteiger partial charge in [-0.05, 0) is 31.0 Å². The van der Waals surface area contributed by atoms with Crippen molar-refractivity contribution in [3.8, 4) is 5.75 Å². The van der Waals surface area contributed by atoms with Crippen LogP contribution in [0.4, 0.5) is 14.9 Å². The summed E-state index contributed by atoms with van der Waals surface area (Å²) in [5, 5.41) is 2.86. The van der Waals surface area contributed by atoms with Gasteiger partial charge in [0, 0.05) is 23.9 Å². The third-order valence-electron chi connectivity index (χ3n) is 4.10. The molecule has 1 aliphatic heterocycles. The maximum absolute atomic E-state index is 14.0. The van der Waals surface area contributed by atoms with Gasteiger partial charge in [0.25, 0.3) is 0 Å². The molecule has 1 aliphatic rings. The summed E-state index contributed by atoms with van der Waals surface area (Å²) >= 11 is 0. The molecule has 1 heterocycles. The van der Waals surface area contributed by atoms with Gasteiger partial charge in [0.1, 0.15) is 11.6 Å². The Morgan fingerprint density at radius 3 is 2.87 bits per heavy atom. The summed E-state index contributed by atoms with van der Waals surface area (Å²) in [5.74, 6) is 0.411. The largest absolute Gasteiger partial charge is 0.497 e. The van der Waals surface area contributed by atoms with E-state index in [1.807, 2.05) is 12.1 Å². The predicted molar refractivity (Wildman–Crippen MR) is 87.1 cm³/mol. The molecule has 0 radical (unpaired) electrons. The quantitative estimate of drug-likeness (QED) is 0.922. The number of methoxy groups -OCH3 is 1. The number of carbonyl (C=O) groups is 1. The molecule has 1 unspecified atom stereocenters. The molecule has 1 atom stereocenters. The average Bonchev–Trinajstić information content (AvgIpc) is 3.05. The van der Waals surface area contributed by atoms with Crippen LogP contribution < -0.4 is 10.1 Å². The molecule has 2 aromatic rings. The zero-order valence-electron chi connectivity index (χ0n) is 13.0. The van der Waals surface area contributed by atoms with E-state index in [-0.39, 0.29) is 17.9 Å². The number of nitrogens with zero attached hydrogens (tertiary/aromatic N) is 1. The highest BCUT2D eigenvalue weighted by molar-refractivity contribution is 5.90. The van der Waals surface area contributed by atoms with E-state index >= 15 is 0 Å². The molecular weight excluding hydrogens is 295 g/mol. The van der Waals surface area contributed by atoms with Gasteiger partial charge in [0.15, 0.2) is 0 Å². The van der Waals surface area contributed by atoms with Crippen molar-refractivity contribution in [1.29, 1.82) is 0 Å². The molecule has 1 saturated heterocycles. The maximum atomic E-state index is 14.0. The second kappa shape index (κ2) is 6.69. The number of rotatable bonds is 3. The lowest BCUT2D eigenvalue weighted by molar-refractivity contribution is 0.206. The lowest BCUT2D eigenvalue weighted by atomic mass is 10.0. The fourth-order valence-electron chi connectivity index (χ4n) is 2.97. The lowest BCUT2D eigenvalue weighted by Crippen LogP contribution is -2.34. The Hall–Kier alpha value is -2.56. The molecule has 1 N–H and O–H groups in total. The predicted octanol–water partition coefficient (Wildman–Crippen LogP) is 4.20. The number of benzene rings is 2. The van der Waals surface area contributed by atoms with Crippen molar-refractivity contribution >= 4 is 11.7 Å². The molecule has 120 valence electrons. The second-order valence-electron chi connectivity index (χ2n) is 5.54. The smallest absolute Gasteiger partial charge is 0.322 e. The van der Waals surface area contributed by atoms with Crippen molar-refractivity contribution < 1.29 is 13.9 Å². The summed E-state index contributed by atoms with van der Waals surface area (Å²) in [6, 6.07) is 13.4. The van der Waals surface area contributed by atoms with Crippen molar-refractivity contribution in [1.82, 2.24) is 4.90 Å². The first-order valence-electron chi connectivity index (χ1n) is 7.65. The van der Waals surface area contributed by atoms with E-state index in [1.165, 1.54) is 6.07 Å². The number of likely N-dealkylation sites (tertiary alicyclic amines) is 1. The highest BCUT2D eigenvalue weighted by Gasteiger charge is 2.31. The van der Waals surface area contributed by atoms with Crippen LogP contribution in [0.3, 0.4) is 0 Å². The number of hydrogen-bond donors (Lipinski definition) is 1. The lowest BCUT2D eigenvalue weighted by Gasteiger charge is -2.25. The van der Waals surface area contributed by atoms with E-state index in [2.05, 4.69) is 5.32 Å². The first-order valence-corrected chi connectivity index (χ1v) is 7.65. The fraction of sp³-hybridized carbons (Fsp3) is 0.278. The van der Waals surface area contributed by atoms with Crippen LogP contribution in [0.25, 0.3) is 0 Å². The van der Waals surface area contributed by atoms with Crippen molar-refractivity contribution in [3.63, 3.8) is 0 Å². The summed E-state index contributed by atoms with van der Waals surface area (Å²) in [4.78, 5) is 14.3. The van der Waals surface area contributed by atoms with E-state index in [9.17, 15) is 9.18 Å². The number of urea groups is 1. The maximum Gasteiger partial charge on any atom is 0.322 e. The zero-order valence-corrected chi connectivity index (χ0v) is 13.0. The summed E-state index contributed by atoms with van der Waals surface area (Å²) < 4.78 is 19.2. The van der Waals surface area contributed by atoms with Gasteiger partial charge in [0.05, 0.1) is 13.2 Å². The number of amides is 2. The molecule has 0 saturated carbocycles. The fourth-order valence-corrected chi connectivity index (χ4v) is 2.97. The summed E-state index contributed by atoms with van der Waals surface area (Å²) in [6.45, 7) is 0.620. The summed E-state index contributed by atoms with van der Waals surface area (Å²) in [5.41, 5.74) is 1.24. The average molecular weight is 314 g/mol. The van der Waals surface area contributed by atoms with E-state index in [0.29, 0.717) is 23.5 Å². The zero-order chi connectivity index (χ0) is 16.2. The van der Waals surface area contributed by atoms with Crippen molar-refractivity contribution in [2.75, 3.05) is 19.0 Å². The Labute approximate surface area is 134 Å². The Kier molecular flexibility index (Phi) is 4.46. The summed E-state index contributed by atoms with van der Waals surface area (Å²) in [6.07, 6.45) is 1.64. The van der Waals surface area contributed by atoms with Crippen LogP contribution in [-0.4, -0.2) is 24.6 Å². The van der Waals surface area contributed by atoms with Crippen LogP contribution in [0, 0.1) is 5.82 Å². The molecule has 23 heavy (non-hydrogen) atoms. The molecule has 0 aliphatic carbocycles. The van der Waals surface area contributed by atoms with E-state index in [4.69, 9.17) is 4.74 Å². The minimum Gasteiger partial charge on any atom is -0.497 e. The van der Waals surface area contributed by atoms with Crippen molar-refractivity contribution in [3.05, 3.63) is 59.9 Å². The Bertz CT molecular complexity index is 705.